The molecule has 0 heterocycles. The quantitative estimate of drug-likeness (QED) is 0.564. The lowest BCUT2D eigenvalue weighted by Gasteiger charge is -2.13. The van der Waals surface area contributed by atoms with Gasteiger partial charge in [0.1, 0.15) is 5.75 Å². The Bertz CT molecular complexity index is 317. The number of para-hydroxylation sites is 1. The average molecular weight is 176 g/mol. The molecule has 0 aromatic heterocycles. The summed E-state index contributed by atoms with van der Waals surface area (Å²) in [5.74, 6) is 0.803. The molecule has 1 atom stereocenters. The van der Waals surface area contributed by atoms with Crippen LogP contribution in [0.1, 0.15) is 18.5 Å². The normalized spacial score (nSPS) is 11.5. The number of rotatable bonds is 3. The first-order chi connectivity index (χ1) is 6.29. The molecule has 0 aliphatic rings. The number of nitriles is 1. The molecular formula is C10H12N2O. The molecule has 0 fully saturated rings. The highest BCUT2D eigenvalue weighted by Crippen LogP contribution is 2.23. The largest absolute Gasteiger partial charge is 0.496 e. The van der Waals surface area contributed by atoms with Gasteiger partial charge >= 0.3 is 0 Å². The Kier molecular flexibility index (Phi) is 3.15. The van der Waals surface area contributed by atoms with Crippen molar-refractivity contribution >= 4 is 0 Å². The van der Waals surface area contributed by atoms with Crippen molar-refractivity contribution in [3.63, 3.8) is 0 Å². The van der Waals surface area contributed by atoms with Crippen molar-refractivity contribution in [2.75, 3.05) is 7.11 Å². The van der Waals surface area contributed by atoms with Crippen molar-refractivity contribution in [1.82, 2.24) is 5.32 Å². The molecule has 0 bridgehead atoms. The topological polar surface area (TPSA) is 45.0 Å². The van der Waals surface area contributed by atoms with Gasteiger partial charge in [0.15, 0.2) is 6.19 Å². The Morgan fingerprint density at radius 2 is 2.15 bits per heavy atom. The van der Waals surface area contributed by atoms with E-state index in [1.807, 2.05) is 37.4 Å². The fraction of sp³-hybridized carbons (Fsp3) is 0.300. The SMILES string of the molecule is COc1ccccc1[C@H](C)NC#N. The zero-order valence-corrected chi connectivity index (χ0v) is 7.74. The monoisotopic (exact) mass is 176 g/mol. The number of nitrogens with one attached hydrogen (secondary N) is 1. The van der Waals surface area contributed by atoms with E-state index in [0.717, 1.165) is 11.3 Å². The van der Waals surface area contributed by atoms with Gasteiger partial charge in [-0.3, -0.25) is 0 Å². The van der Waals surface area contributed by atoms with Crippen LogP contribution >= 0.6 is 0 Å². The number of hydrogen-bond donors (Lipinski definition) is 1. The molecule has 3 heteroatoms. The Morgan fingerprint density at radius 1 is 1.46 bits per heavy atom. The molecule has 0 amide bonds. The molecule has 3 nitrogen and oxygen atoms in total. The summed E-state index contributed by atoms with van der Waals surface area (Å²) in [7, 11) is 1.62. The molecule has 1 aromatic carbocycles. The van der Waals surface area contributed by atoms with E-state index >= 15 is 0 Å². The van der Waals surface area contributed by atoms with Crippen LogP contribution in [-0.4, -0.2) is 7.11 Å². The van der Waals surface area contributed by atoms with E-state index in [9.17, 15) is 0 Å². The molecule has 68 valence electrons. The van der Waals surface area contributed by atoms with Gasteiger partial charge in [0, 0.05) is 5.56 Å². The van der Waals surface area contributed by atoms with Crippen LogP contribution in [0.15, 0.2) is 24.3 Å². The van der Waals surface area contributed by atoms with E-state index < -0.39 is 0 Å². The second-order valence-electron chi connectivity index (χ2n) is 2.72. The van der Waals surface area contributed by atoms with Crippen LogP contribution in [0.3, 0.4) is 0 Å². The number of hydrogen-bond acceptors (Lipinski definition) is 3. The van der Waals surface area contributed by atoms with E-state index in [4.69, 9.17) is 10.00 Å². The van der Waals surface area contributed by atoms with Crippen molar-refractivity contribution in [2.24, 2.45) is 0 Å². The Hall–Kier alpha value is -1.69. The lowest BCUT2D eigenvalue weighted by atomic mass is 10.1. The molecule has 0 saturated carbocycles. The summed E-state index contributed by atoms with van der Waals surface area (Å²) < 4.78 is 5.16. The van der Waals surface area contributed by atoms with Crippen molar-refractivity contribution in [2.45, 2.75) is 13.0 Å². The fourth-order valence-electron chi connectivity index (χ4n) is 1.20. The summed E-state index contributed by atoms with van der Waals surface area (Å²) in [6.07, 6.45) is 1.91. The van der Waals surface area contributed by atoms with Crippen LogP contribution in [0.4, 0.5) is 0 Å². The molecule has 1 N–H and O–H groups in total. The maximum atomic E-state index is 8.46. The van der Waals surface area contributed by atoms with Crippen LogP contribution in [0.25, 0.3) is 0 Å². The van der Waals surface area contributed by atoms with Crippen LogP contribution in [-0.2, 0) is 0 Å². The molecule has 0 radical (unpaired) electrons. The molecule has 1 rings (SSSR count). The second kappa shape index (κ2) is 4.36. The van der Waals surface area contributed by atoms with Gasteiger partial charge < -0.3 is 10.1 Å². The summed E-state index contributed by atoms with van der Waals surface area (Å²) >= 11 is 0. The van der Waals surface area contributed by atoms with E-state index in [0.29, 0.717) is 0 Å². The average Bonchev–Trinajstić information content (AvgIpc) is 2.18. The van der Waals surface area contributed by atoms with Gasteiger partial charge in [-0.25, -0.2) is 0 Å². The minimum absolute atomic E-state index is 0.0128. The van der Waals surface area contributed by atoms with Gasteiger partial charge in [-0.05, 0) is 13.0 Å². The highest BCUT2D eigenvalue weighted by molar-refractivity contribution is 5.35. The molecule has 0 saturated heterocycles. The Labute approximate surface area is 77.9 Å². The number of benzene rings is 1. The summed E-state index contributed by atoms with van der Waals surface area (Å²) in [4.78, 5) is 0. The summed E-state index contributed by atoms with van der Waals surface area (Å²) in [5.41, 5.74) is 0.992. The highest BCUT2D eigenvalue weighted by atomic mass is 16.5. The van der Waals surface area contributed by atoms with Gasteiger partial charge in [0.25, 0.3) is 0 Å². The van der Waals surface area contributed by atoms with Crippen LogP contribution in [0.5, 0.6) is 5.75 Å². The van der Waals surface area contributed by atoms with Crippen molar-refractivity contribution < 1.29 is 4.74 Å². The lowest BCUT2D eigenvalue weighted by molar-refractivity contribution is 0.405. The van der Waals surface area contributed by atoms with E-state index in [-0.39, 0.29) is 6.04 Å². The zero-order chi connectivity index (χ0) is 9.68. The number of methoxy groups -OCH3 is 1. The first-order valence-electron chi connectivity index (χ1n) is 4.07. The summed E-state index contributed by atoms with van der Waals surface area (Å²) in [5, 5.41) is 11.1. The van der Waals surface area contributed by atoms with Crippen LogP contribution < -0.4 is 10.1 Å². The molecule has 0 spiro atoms. The Morgan fingerprint density at radius 3 is 2.77 bits per heavy atom. The maximum Gasteiger partial charge on any atom is 0.177 e. The van der Waals surface area contributed by atoms with Crippen LogP contribution in [0, 0.1) is 11.5 Å². The highest BCUT2D eigenvalue weighted by Gasteiger charge is 2.08. The molecular weight excluding hydrogens is 164 g/mol. The number of nitrogens with zero attached hydrogens (tertiary/aromatic N) is 1. The van der Waals surface area contributed by atoms with Crippen molar-refractivity contribution in [1.29, 1.82) is 5.26 Å². The summed E-state index contributed by atoms with van der Waals surface area (Å²) in [6, 6.07) is 7.63. The smallest absolute Gasteiger partial charge is 0.177 e. The standard InChI is InChI=1S/C10H12N2O/c1-8(12-7-11)9-5-3-4-6-10(9)13-2/h3-6,8,12H,1-2H3/t8-/m0/s1. The van der Waals surface area contributed by atoms with Gasteiger partial charge in [-0.15, -0.1) is 0 Å². The molecule has 1 aromatic rings. The minimum atomic E-state index is -0.0128. The number of ether oxygens (including phenoxy) is 1. The van der Waals surface area contributed by atoms with Gasteiger partial charge in [-0.2, -0.15) is 5.26 Å². The van der Waals surface area contributed by atoms with E-state index in [1.165, 1.54) is 0 Å². The molecule has 0 aliphatic carbocycles. The first kappa shape index (κ1) is 9.40. The molecule has 0 aliphatic heterocycles. The summed E-state index contributed by atoms with van der Waals surface area (Å²) in [6.45, 7) is 1.92. The molecule has 0 unspecified atom stereocenters. The minimum Gasteiger partial charge on any atom is -0.496 e. The van der Waals surface area contributed by atoms with Gasteiger partial charge in [-0.1, -0.05) is 18.2 Å². The van der Waals surface area contributed by atoms with Gasteiger partial charge in [0.2, 0.25) is 0 Å². The van der Waals surface area contributed by atoms with Crippen molar-refractivity contribution in [3.05, 3.63) is 29.8 Å². The fourth-order valence-corrected chi connectivity index (χ4v) is 1.20. The third-order valence-corrected chi connectivity index (χ3v) is 1.89. The first-order valence-corrected chi connectivity index (χ1v) is 4.07. The van der Waals surface area contributed by atoms with E-state index in [2.05, 4.69) is 5.32 Å². The lowest BCUT2D eigenvalue weighted by Crippen LogP contribution is -2.12. The van der Waals surface area contributed by atoms with Crippen LogP contribution in [0.2, 0.25) is 0 Å². The maximum absolute atomic E-state index is 8.46. The second-order valence-corrected chi connectivity index (χ2v) is 2.72. The Balaban J connectivity index is 2.93. The van der Waals surface area contributed by atoms with Crippen molar-refractivity contribution in [3.8, 4) is 11.9 Å². The molecule has 13 heavy (non-hydrogen) atoms. The zero-order valence-electron chi connectivity index (χ0n) is 7.74. The third kappa shape index (κ3) is 2.12. The van der Waals surface area contributed by atoms with Gasteiger partial charge in [0.05, 0.1) is 13.2 Å². The predicted octanol–water partition coefficient (Wildman–Crippen LogP) is 1.83. The predicted molar refractivity (Wildman–Crippen MR) is 50.2 cm³/mol. The third-order valence-electron chi connectivity index (χ3n) is 1.89. The van der Waals surface area contributed by atoms with E-state index in [1.54, 1.807) is 7.11 Å².